The van der Waals surface area contributed by atoms with Crippen molar-refractivity contribution >= 4 is 11.8 Å². The van der Waals surface area contributed by atoms with Crippen LogP contribution in [0.25, 0.3) is 0 Å². The summed E-state index contributed by atoms with van der Waals surface area (Å²) in [6, 6.07) is 3.56. The van der Waals surface area contributed by atoms with Gasteiger partial charge in [0.15, 0.2) is 23.3 Å². The van der Waals surface area contributed by atoms with Crippen molar-refractivity contribution in [1.82, 2.24) is 4.98 Å². The van der Waals surface area contributed by atoms with Crippen molar-refractivity contribution in [2.45, 2.75) is 24.6 Å². The number of pyridine rings is 1. The second kappa shape index (κ2) is 6.54. The molecule has 2 aromatic rings. The summed E-state index contributed by atoms with van der Waals surface area (Å²) in [6.45, 7) is 3.33. The highest BCUT2D eigenvalue weighted by molar-refractivity contribution is 7.98. The average molecular weight is 344 g/mol. The first-order valence-corrected chi connectivity index (χ1v) is 7.28. The number of thioether (sulfide) groups is 1. The van der Waals surface area contributed by atoms with Gasteiger partial charge in [0, 0.05) is 17.0 Å². The standard InChI is InChI=1S/C15H9F5N2S/c1-6-3-7(2)22-15(8(6)4-21)23-5-9-10(16)12(18)14(20)13(19)11(9)17/h3H,5H2,1-2H3. The van der Waals surface area contributed by atoms with E-state index in [1.54, 1.807) is 19.9 Å². The normalized spacial score (nSPS) is 10.7. The van der Waals surface area contributed by atoms with E-state index in [9.17, 15) is 22.0 Å². The van der Waals surface area contributed by atoms with Gasteiger partial charge in [0.25, 0.3) is 0 Å². The summed E-state index contributed by atoms with van der Waals surface area (Å²) in [5.41, 5.74) is 0.432. The molecule has 0 atom stereocenters. The number of benzene rings is 1. The number of rotatable bonds is 3. The molecule has 8 heteroatoms. The fourth-order valence-corrected chi connectivity index (χ4v) is 3.05. The van der Waals surface area contributed by atoms with Gasteiger partial charge < -0.3 is 0 Å². The summed E-state index contributed by atoms with van der Waals surface area (Å²) in [5.74, 6) is -10.5. The average Bonchev–Trinajstić information content (AvgIpc) is 2.50. The van der Waals surface area contributed by atoms with Crippen molar-refractivity contribution in [2.75, 3.05) is 0 Å². The van der Waals surface area contributed by atoms with Crippen LogP contribution in [0.2, 0.25) is 0 Å². The molecule has 0 unspecified atom stereocenters. The molecule has 0 aliphatic heterocycles. The van der Waals surface area contributed by atoms with Gasteiger partial charge in [-0.05, 0) is 25.5 Å². The summed E-state index contributed by atoms with van der Waals surface area (Å²) in [7, 11) is 0. The molecule has 0 spiro atoms. The molecule has 0 saturated carbocycles. The smallest absolute Gasteiger partial charge is 0.200 e. The Labute approximate surface area is 133 Å². The van der Waals surface area contributed by atoms with Gasteiger partial charge in [0.1, 0.15) is 11.1 Å². The van der Waals surface area contributed by atoms with Gasteiger partial charge in [0.2, 0.25) is 5.82 Å². The number of aryl methyl sites for hydroxylation is 2. The van der Waals surface area contributed by atoms with Crippen LogP contribution in [0.4, 0.5) is 22.0 Å². The fourth-order valence-electron chi connectivity index (χ4n) is 1.96. The quantitative estimate of drug-likeness (QED) is 0.355. The highest BCUT2D eigenvalue weighted by atomic mass is 32.2. The van der Waals surface area contributed by atoms with Gasteiger partial charge in [-0.25, -0.2) is 26.9 Å². The predicted molar refractivity (Wildman–Crippen MR) is 74.2 cm³/mol. The Morgan fingerprint density at radius 3 is 2.04 bits per heavy atom. The number of halogens is 5. The number of nitriles is 1. The Bertz CT molecular complexity index is 801. The molecule has 1 aromatic carbocycles. The van der Waals surface area contributed by atoms with Gasteiger partial charge >= 0.3 is 0 Å². The number of nitrogens with zero attached hydrogens (tertiary/aromatic N) is 2. The molecule has 0 fully saturated rings. The zero-order valence-electron chi connectivity index (χ0n) is 12.0. The van der Waals surface area contributed by atoms with Crippen LogP contribution in [0, 0.1) is 54.3 Å². The summed E-state index contributed by atoms with van der Waals surface area (Å²) in [4.78, 5) is 4.08. The Balaban J connectivity index is 2.42. The first-order valence-electron chi connectivity index (χ1n) is 6.29. The Hall–Kier alpha value is -2.14. The molecular weight excluding hydrogens is 335 g/mol. The van der Waals surface area contributed by atoms with E-state index >= 15 is 0 Å². The van der Waals surface area contributed by atoms with E-state index in [0.717, 1.165) is 11.8 Å². The van der Waals surface area contributed by atoms with Gasteiger partial charge in [0.05, 0.1) is 5.56 Å². The second-order valence-electron chi connectivity index (χ2n) is 4.71. The third kappa shape index (κ3) is 3.15. The molecule has 1 heterocycles. The summed E-state index contributed by atoms with van der Waals surface area (Å²) in [6.07, 6.45) is 0. The summed E-state index contributed by atoms with van der Waals surface area (Å²) < 4.78 is 66.6. The maximum absolute atomic E-state index is 13.6. The number of aromatic nitrogens is 1. The molecule has 2 nitrogen and oxygen atoms in total. The molecule has 0 bridgehead atoms. The third-order valence-electron chi connectivity index (χ3n) is 3.08. The zero-order valence-corrected chi connectivity index (χ0v) is 12.8. The largest absolute Gasteiger partial charge is 0.245 e. The van der Waals surface area contributed by atoms with Crippen LogP contribution in [-0.4, -0.2) is 4.98 Å². The van der Waals surface area contributed by atoms with E-state index in [0.29, 0.717) is 11.3 Å². The molecule has 0 N–H and O–H groups in total. The Kier molecular flexibility index (Phi) is 4.90. The predicted octanol–water partition coefficient (Wildman–Crippen LogP) is 4.56. The summed E-state index contributed by atoms with van der Waals surface area (Å²) >= 11 is 0.735. The lowest BCUT2D eigenvalue weighted by atomic mass is 10.1. The molecule has 0 radical (unpaired) electrons. The molecule has 2 rings (SSSR count). The van der Waals surface area contributed by atoms with E-state index in [1.165, 1.54) is 0 Å². The Morgan fingerprint density at radius 2 is 1.52 bits per heavy atom. The monoisotopic (exact) mass is 344 g/mol. The third-order valence-corrected chi connectivity index (χ3v) is 4.08. The van der Waals surface area contributed by atoms with Crippen LogP contribution >= 0.6 is 11.8 Å². The highest BCUT2D eigenvalue weighted by Crippen LogP contribution is 2.31. The topological polar surface area (TPSA) is 36.7 Å². The molecule has 1 aromatic heterocycles. The first kappa shape index (κ1) is 17.2. The SMILES string of the molecule is Cc1cc(C)c(C#N)c(SCc2c(F)c(F)c(F)c(F)c2F)n1. The van der Waals surface area contributed by atoms with Crippen LogP contribution in [0.15, 0.2) is 11.1 Å². The minimum Gasteiger partial charge on any atom is -0.245 e. The van der Waals surface area contributed by atoms with E-state index in [1.807, 2.05) is 6.07 Å². The molecule has 0 amide bonds. The lowest BCUT2D eigenvalue weighted by Crippen LogP contribution is -2.06. The van der Waals surface area contributed by atoms with E-state index in [-0.39, 0.29) is 10.6 Å². The van der Waals surface area contributed by atoms with Crippen LogP contribution in [0.5, 0.6) is 0 Å². The Morgan fingerprint density at radius 1 is 1.00 bits per heavy atom. The minimum absolute atomic E-state index is 0.175. The number of hydrogen-bond acceptors (Lipinski definition) is 3. The maximum atomic E-state index is 13.6. The van der Waals surface area contributed by atoms with Crippen LogP contribution in [0.1, 0.15) is 22.4 Å². The molecule has 0 aliphatic carbocycles. The van der Waals surface area contributed by atoms with Crippen LogP contribution in [-0.2, 0) is 5.75 Å². The molecule has 120 valence electrons. The molecule has 0 saturated heterocycles. The van der Waals surface area contributed by atoms with Gasteiger partial charge in [-0.2, -0.15) is 5.26 Å². The molecular formula is C15H9F5N2S. The number of hydrogen-bond donors (Lipinski definition) is 0. The van der Waals surface area contributed by atoms with Crippen LogP contribution in [0.3, 0.4) is 0 Å². The lowest BCUT2D eigenvalue weighted by Gasteiger charge is -2.10. The van der Waals surface area contributed by atoms with Gasteiger partial charge in [-0.1, -0.05) is 0 Å². The van der Waals surface area contributed by atoms with Crippen molar-refractivity contribution in [1.29, 1.82) is 5.26 Å². The molecule has 23 heavy (non-hydrogen) atoms. The second-order valence-corrected chi connectivity index (χ2v) is 5.67. The van der Waals surface area contributed by atoms with Crippen molar-refractivity contribution in [2.24, 2.45) is 0 Å². The van der Waals surface area contributed by atoms with Gasteiger partial charge in [-0.15, -0.1) is 11.8 Å². The van der Waals surface area contributed by atoms with E-state index < -0.39 is 40.4 Å². The summed E-state index contributed by atoms with van der Waals surface area (Å²) in [5, 5.41) is 9.28. The van der Waals surface area contributed by atoms with E-state index in [4.69, 9.17) is 5.26 Å². The minimum atomic E-state index is -2.20. The van der Waals surface area contributed by atoms with Crippen molar-refractivity contribution in [3.63, 3.8) is 0 Å². The van der Waals surface area contributed by atoms with Crippen LogP contribution < -0.4 is 0 Å². The van der Waals surface area contributed by atoms with Crippen molar-refractivity contribution < 1.29 is 22.0 Å². The van der Waals surface area contributed by atoms with Gasteiger partial charge in [-0.3, -0.25) is 0 Å². The zero-order chi connectivity index (χ0) is 17.3. The van der Waals surface area contributed by atoms with Crippen molar-refractivity contribution in [3.8, 4) is 6.07 Å². The van der Waals surface area contributed by atoms with Crippen molar-refractivity contribution in [3.05, 3.63) is 57.5 Å². The fraction of sp³-hybridized carbons (Fsp3) is 0.200. The van der Waals surface area contributed by atoms with E-state index in [2.05, 4.69) is 4.98 Å². The maximum Gasteiger partial charge on any atom is 0.200 e. The highest BCUT2D eigenvalue weighted by Gasteiger charge is 2.26. The first-order chi connectivity index (χ1) is 10.8. The lowest BCUT2D eigenvalue weighted by molar-refractivity contribution is 0.372. The molecule has 0 aliphatic rings.